The Hall–Kier alpha value is -2.23. The van der Waals surface area contributed by atoms with Crippen molar-refractivity contribution in [2.75, 3.05) is 0 Å². The lowest BCUT2D eigenvalue weighted by Crippen LogP contribution is -2.17. The molecule has 0 unspecified atom stereocenters. The molecule has 1 N–H and O–H groups in total. The fourth-order valence-corrected chi connectivity index (χ4v) is 3.65. The first-order valence-electron chi connectivity index (χ1n) is 7.77. The molecule has 0 amide bonds. The number of hydrogen-bond acceptors (Lipinski definition) is 4. The van der Waals surface area contributed by atoms with Gasteiger partial charge < -0.3 is 14.0 Å². The van der Waals surface area contributed by atoms with Gasteiger partial charge in [0.05, 0.1) is 0 Å². The largest absolute Gasteiger partial charge is 0.461 e. The summed E-state index contributed by atoms with van der Waals surface area (Å²) in [5.74, 6) is 0.939. The van der Waals surface area contributed by atoms with Crippen LogP contribution in [0.3, 0.4) is 0 Å². The highest BCUT2D eigenvalue weighted by Crippen LogP contribution is 2.36. The van der Waals surface area contributed by atoms with Gasteiger partial charge in [0.2, 0.25) is 0 Å². The highest BCUT2D eigenvalue weighted by Gasteiger charge is 2.21. The van der Waals surface area contributed by atoms with E-state index in [-0.39, 0.29) is 0 Å². The zero-order chi connectivity index (χ0) is 15.4. The van der Waals surface area contributed by atoms with Crippen LogP contribution in [0.1, 0.15) is 40.9 Å². The summed E-state index contributed by atoms with van der Waals surface area (Å²) in [4.78, 5) is 0. The van der Waals surface area contributed by atoms with Crippen LogP contribution in [0.2, 0.25) is 0 Å². The fraction of sp³-hybridized carbons (Fsp3) is 0.389. The van der Waals surface area contributed by atoms with Crippen LogP contribution in [0.4, 0.5) is 0 Å². The van der Waals surface area contributed by atoms with Gasteiger partial charge in [-0.1, -0.05) is 0 Å². The summed E-state index contributed by atoms with van der Waals surface area (Å²) in [6.45, 7) is 6.08. The third kappa shape index (κ3) is 1.67. The van der Waals surface area contributed by atoms with Crippen molar-refractivity contribution in [1.82, 2.24) is 0 Å². The molecule has 4 nitrogen and oxygen atoms in total. The SMILES string of the molecule is Cc1oc2c(C)c3oc(=NO)c4c(c3cc2c1C)CCCC4. The number of fused-ring (bicyclic) bond motifs is 4. The molecule has 22 heavy (non-hydrogen) atoms. The monoisotopic (exact) mass is 297 g/mol. The summed E-state index contributed by atoms with van der Waals surface area (Å²) in [5.41, 5.74) is 6.47. The van der Waals surface area contributed by atoms with E-state index >= 15 is 0 Å². The van der Waals surface area contributed by atoms with E-state index in [9.17, 15) is 5.21 Å². The van der Waals surface area contributed by atoms with Crippen molar-refractivity contribution in [3.8, 4) is 0 Å². The summed E-state index contributed by atoms with van der Waals surface area (Å²) < 4.78 is 11.8. The smallest absolute Gasteiger partial charge is 0.259 e. The van der Waals surface area contributed by atoms with Crippen LogP contribution in [0.15, 0.2) is 20.1 Å². The molecule has 0 fully saturated rings. The minimum absolute atomic E-state index is 0.352. The van der Waals surface area contributed by atoms with Gasteiger partial charge in [-0.05, 0) is 68.8 Å². The molecule has 0 aliphatic heterocycles. The zero-order valence-corrected chi connectivity index (χ0v) is 13.1. The number of benzene rings is 1. The molecule has 0 saturated carbocycles. The van der Waals surface area contributed by atoms with Crippen LogP contribution >= 0.6 is 0 Å². The molecule has 0 radical (unpaired) electrons. The standard InChI is InChI=1S/C18H19NO3/c1-9-11(3)21-16-10(2)17-15(8-14(9)16)12-6-4-5-7-13(12)18(19-20)22-17/h8,20H,4-7H2,1-3H3. The van der Waals surface area contributed by atoms with Crippen molar-refractivity contribution >= 4 is 21.9 Å². The van der Waals surface area contributed by atoms with Crippen LogP contribution < -0.4 is 5.55 Å². The summed E-state index contributed by atoms with van der Waals surface area (Å²) in [6, 6.07) is 2.18. The van der Waals surface area contributed by atoms with Gasteiger partial charge in [0, 0.05) is 21.9 Å². The first-order valence-corrected chi connectivity index (χ1v) is 7.77. The predicted octanol–water partition coefficient (Wildman–Crippen LogP) is 4.27. The Morgan fingerprint density at radius 3 is 2.32 bits per heavy atom. The molecule has 1 aromatic carbocycles. The van der Waals surface area contributed by atoms with E-state index in [1.54, 1.807) is 0 Å². The van der Waals surface area contributed by atoms with Crippen molar-refractivity contribution < 1.29 is 14.0 Å². The summed E-state index contributed by atoms with van der Waals surface area (Å²) in [5, 5.41) is 15.0. The van der Waals surface area contributed by atoms with Gasteiger partial charge in [-0.25, -0.2) is 0 Å². The van der Waals surface area contributed by atoms with Crippen LogP contribution in [-0.4, -0.2) is 5.21 Å². The number of aryl methyl sites for hydroxylation is 4. The number of hydrogen-bond donors (Lipinski definition) is 1. The molecule has 2 heterocycles. The molecule has 0 bridgehead atoms. The van der Waals surface area contributed by atoms with E-state index < -0.39 is 0 Å². The Kier molecular flexibility index (Phi) is 2.83. The highest BCUT2D eigenvalue weighted by molar-refractivity contribution is 6.00. The van der Waals surface area contributed by atoms with Crippen LogP contribution in [0, 0.1) is 20.8 Å². The Balaban J connectivity index is 2.25. The van der Waals surface area contributed by atoms with E-state index in [1.165, 1.54) is 11.1 Å². The molecule has 0 atom stereocenters. The minimum Gasteiger partial charge on any atom is -0.461 e. The quantitative estimate of drug-likeness (QED) is 0.498. The summed E-state index contributed by atoms with van der Waals surface area (Å²) >= 11 is 0. The molecule has 2 aromatic heterocycles. The van der Waals surface area contributed by atoms with Crippen molar-refractivity contribution in [2.24, 2.45) is 5.16 Å². The van der Waals surface area contributed by atoms with E-state index in [0.717, 1.165) is 64.5 Å². The topological polar surface area (TPSA) is 58.9 Å². The Morgan fingerprint density at radius 1 is 0.909 bits per heavy atom. The maximum absolute atomic E-state index is 9.31. The van der Waals surface area contributed by atoms with Gasteiger partial charge in [0.15, 0.2) is 0 Å². The molecule has 0 saturated heterocycles. The molecule has 1 aliphatic rings. The van der Waals surface area contributed by atoms with E-state index in [4.69, 9.17) is 8.83 Å². The molecule has 4 heteroatoms. The second-order valence-electron chi connectivity index (χ2n) is 6.21. The van der Waals surface area contributed by atoms with Crippen LogP contribution in [-0.2, 0) is 12.8 Å². The third-order valence-corrected chi connectivity index (χ3v) is 4.99. The zero-order valence-electron chi connectivity index (χ0n) is 13.1. The summed E-state index contributed by atoms with van der Waals surface area (Å²) in [6.07, 6.45) is 4.19. The first-order chi connectivity index (χ1) is 10.6. The van der Waals surface area contributed by atoms with Crippen molar-refractivity contribution in [1.29, 1.82) is 0 Å². The highest BCUT2D eigenvalue weighted by atomic mass is 16.5. The van der Waals surface area contributed by atoms with E-state index in [2.05, 4.69) is 18.1 Å². The third-order valence-electron chi connectivity index (χ3n) is 4.99. The van der Waals surface area contributed by atoms with Crippen LogP contribution in [0.5, 0.6) is 0 Å². The molecule has 4 rings (SSSR count). The van der Waals surface area contributed by atoms with Crippen molar-refractivity contribution in [2.45, 2.75) is 46.5 Å². The average molecular weight is 297 g/mol. The van der Waals surface area contributed by atoms with Gasteiger partial charge in [0.1, 0.15) is 16.9 Å². The second kappa shape index (κ2) is 4.63. The van der Waals surface area contributed by atoms with Gasteiger partial charge in [-0.15, -0.1) is 0 Å². The van der Waals surface area contributed by atoms with Gasteiger partial charge in [-0.3, -0.25) is 0 Å². The maximum atomic E-state index is 9.31. The number of rotatable bonds is 0. The van der Waals surface area contributed by atoms with Crippen molar-refractivity contribution in [3.63, 3.8) is 0 Å². The molecular weight excluding hydrogens is 278 g/mol. The average Bonchev–Trinajstić information content (AvgIpc) is 2.83. The Bertz CT molecular complexity index is 976. The van der Waals surface area contributed by atoms with Gasteiger partial charge in [-0.2, -0.15) is 0 Å². The summed E-state index contributed by atoms with van der Waals surface area (Å²) in [7, 11) is 0. The molecule has 0 spiro atoms. The molecule has 3 aromatic rings. The lowest BCUT2D eigenvalue weighted by atomic mass is 9.89. The van der Waals surface area contributed by atoms with Gasteiger partial charge in [0.25, 0.3) is 5.55 Å². The fourth-order valence-electron chi connectivity index (χ4n) is 3.65. The van der Waals surface area contributed by atoms with Crippen LogP contribution in [0.25, 0.3) is 21.9 Å². The second-order valence-corrected chi connectivity index (χ2v) is 6.21. The van der Waals surface area contributed by atoms with E-state index in [0.29, 0.717) is 5.55 Å². The first kappa shape index (κ1) is 13.4. The normalized spacial score (nSPS) is 15.7. The number of furan rings is 1. The molecular formula is C18H19NO3. The lowest BCUT2D eigenvalue weighted by molar-refractivity contribution is 0.274. The molecule has 114 valence electrons. The van der Waals surface area contributed by atoms with E-state index in [1.807, 2.05) is 13.8 Å². The predicted molar refractivity (Wildman–Crippen MR) is 84.2 cm³/mol. The Morgan fingerprint density at radius 2 is 1.59 bits per heavy atom. The molecule has 1 aliphatic carbocycles. The van der Waals surface area contributed by atoms with Crippen molar-refractivity contribution in [3.05, 3.63) is 39.6 Å². The number of nitrogens with zero attached hydrogens (tertiary/aromatic N) is 1. The minimum atomic E-state index is 0.352. The maximum Gasteiger partial charge on any atom is 0.259 e. The van der Waals surface area contributed by atoms with Gasteiger partial charge >= 0.3 is 0 Å². The Labute approximate surface area is 128 Å². The lowest BCUT2D eigenvalue weighted by Gasteiger charge is -2.17.